The number of halogens is 1. The number of carbonyl (C=O) groups excluding carboxylic acids is 1. The molecule has 0 saturated heterocycles. The summed E-state index contributed by atoms with van der Waals surface area (Å²) in [6.07, 6.45) is 0. The van der Waals surface area contributed by atoms with Gasteiger partial charge in [0, 0.05) is 11.6 Å². The highest BCUT2D eigenvalue weighted by atomic mass is 19.1. The third-order valence-electron chi connectivity index (χ3n) is 3.39. The molecule has 6 heteroatoms. The summed E-state index contributed by atoms with van der Waals surface area (Å²) < 4.78 is 18.6. The zero-order chi connectivity index (χ0) is 15.7. The molecule has 0 aliphatic carbocycles. The van der Waals surface area contributed by atoms with E-state index >= 15 is 0 Å². The molecule has 1 N–H and O–H groups in total. The molecule has 1 aliphatic rings. The van der Waals surface area contributed by atoms with E-state index in [2.05, 4.69) is 0 Å². The molecule has 112 valence electrons. The first kappa shape index (κ1) is 14.1. The number of aromatic carboxylic acids is 1. The van der Waals surface area contributed by atoms with Crippen LogP contribution in [0.3, 0.4) is 0 Å². The molecule has 1 aliphatic heterocycles. The van der Waals surface area contributed by atoms with Crippen LogP contribution >= 0.6 is 0 Å². The number of fused-ring (bicyclic) bond motifs is 1. The molecule has 0 spiro atoms. The van der Waals surface area contributed by atoms with Gasteiger partial charge in [-0.25, -0.2) is 9.18 Å². The highest BCUT2D eigenvalue weighted by Crippen LogP contribution is 2.33. The number of carboxylic acid groups (broad SMARTS) is 1. The van der Waals surface area contributed by atoms with E-state index in [4.69, 9.17) is 9.84 Å². The maximum atomic E-state index is 13.2. The average Bonchev–Trinajstić information content (AvgIpc) is 2.53. The second-order valence-corrected chi connectivity index (χ2v) is 4.80. The van der Waals surface area contributed by atoms with E-state index in [0.29, 0.717) is 18.0 Å². The Morgan fingerprint density at radius 2 is 1.91 bits per heavy atom. The molecule has 0 radical (unpaired) electrons. The first-order valence-electron chi connectivity index (χ1n) is 6.64. The molecule has 1 heterocycles. The van der Waals surface area contributed by atoms with E-state index in [1.54, 1.807) is 6.07 Å². The number of hydrogen-bond donors (Lipinski definition) is 1. The number of nitrogens with zero attached hydrogens (tertiary/aromatic N) is 1. The Labute approximate surface area is 125 Å². The number of amides is 1. The van der Waals surface area contributed by atoms with Gasteiger partial charge in [-0.15, -0.1) is 0 Å². The Hall–Kier alpha value is -2.89. The molecule has 2 aromatic rings. The molecule has 0 fully saturated rings. The highest BCUT2D eigenvalue weighted by molar-refractivity contribution is 6.08. The van der Waals surface area contributed by atoms with Crippen molar-refractivity contribution in [1.82, 2.24) is 0 Å². The van der Waals surface area contributed by atoms with Crippen LogP contribution in [0, 0.1) is 5.82 Å². The summed E-state index contributed by atoms with van der Waals surface area (Å²) in [5.41, 5.74) is 0.772. The Balaban J connectivity index is 1.97. The summed E-state index contributed by atoms with van der Waals surface area (Å²) in [6, 6.07) is 9.76. The Morgan fingerprint density at radius 1 is 1.14 bits per heavy atom. The molecule has 0 atom stereocenters. The summed E-state index contributed by atoms with van der Waals surface area (Å²) in [7, 11) is 0. The van der Waals surface area contributed by atoms with Crippen molar-refractivity contribution in [2.75, 3.05) is 18.1 Å². The third kappa shape index (κ3) is 2.50. The summed E-state index contributed by atoms with van der Waals surface area (Å²) >= 11 is 0. The summed E-state index contributed by atoms with van der Waals surface area (Å²) in [5, 5.41) is 9.00. The van der Waals surface area contributed by atoms with Crippen molar-refractivity contribution in [1.29, 1.82) is 0 Å². The van der Waals surface area contributed by atoms with Gasteiger partial charge in [-0.2, -0.15) is 0 Å². The largest absolute Gasteiger partial charge is 0.489 e. The number of rotatable bonds is 2. The van der Waals surface area contributed by atoms with Crippen LogP contribution < -0.4 is 9.64 Å². The van der Waals surface area contributed by atoms with Crippen LogP contribution in [0.1, 0.15) is 20.7 Å². The zero-order valence-electron chi connectivity index (χ0n) is 11.5. The van der Waals surface area contributed by atoms with Gasteiger partial charge in [-0.05, 0) is 30.3 Å². The minimum atomic E-state index is -1.10. The summed E-state index contributed by atoms with van der Waals surface area (Å²) in [4.78, 5) is 25.1. The molecule has 22 heavy (non-hydrogen) atoms. The molecule has 1 amide bonds. The fourth-order valence-electron chi connectivity index (χ4n) is 2.35. The smallest absolute Gasteiger partial charge is 0.335 e. The molecular weight excluding hydrogens is 289 g/mol. The van der Waals surface area contributed by atoms with Crippen molar-refractivity contribution in [2.24, 2.45) is 0 Å². The van der Waals surface area contributed by atoms with Gasteiger partial charge in [0.25, 0.3) is 5.91 Å². The average molecular weight is 301 g/mol. The lowest BCUT2D eigenvalue weighted by molar-refractivity contribution is 0.0697. The summed E-state index contributed by atoms with van der Waals surface area (Å²) in [6.45, 7) is 0.565. The Kier molecular flexibility index (Phi) is 3.50. The number of carbonyl (C=O) groups is 2. The van der Waals surface area contributed by atoms with E-state index < -0.39 is 11.8 Å². The molecule has 0 aromatic heterocycles. The van der Waals surface area contributed by atoms with Gasteiger partial charge in [0.05, 0.1) is 17.8 Å². The second kappa shape index (κ2) is 5.48. The van der Waals surface area contributed by atoms with Crippen molar-refractivity contribution in [3.05, 3.63) is 59.4 Å². The fourth-order valence-corrected chi connectivity index (χ4v) is 2.35. The first-order valence-corrected chi connectivity index (χ1v) is 6.64. The molecule has 0 saturated carbocycles. The van der Waals surface area contributed by atoms with Crippen LogP contribution in [0.25, 0.3) is 0 Å². The molecule has 0 unspecified atom stereocenters. The van der Waals surface area contributed by atoms with Crippen molar-refractivity contribution >= 4 is 17.6 Å². The lowest BCUT2D eigenvalue weighted by atomic mass is 10.1. The van der Waals surface area contributed by atoms with Crippen LogP contribution in [0.5, 0.6) is 5.75 Å². The number of benzene rings is 2. The molecular formula is C16H12FNO4. The fraction of sp³-hybridized carbons (Fsp3) is 0.125. The van der Waals surface area contributed by atoms with Gasteiger partial charge in [-0.1, -0.05) is 6.07 Å². The van der Waals surface area contributed by atoms with Gasteiger partial charge in [-0.3, -0.25) is 4.79 Å². The van der Waals surface area contributed by atoms with Crippen LogP contribution in [0.2, 0.25) is 0 Å². The van der Waals surface area contributed by atoms with Crippen LogP contribution in [0.15, 0.2) is 42.5 Å². The van der Waals surface area contributed by atoms with Crippen molar-refractivity contribution < 1.29 is 23.8 Å². The standard InChI is InChI=1S/C16H12FNO4/c17-12-4-5-13-14(9-12)22-7-6-18(13)15(19)10-2-1-3-11(8-10)16(20)21/h1-5,8-9H,6-7H2,(H,20,21). The monoisotopic (exact) mass is 301 g/mol. The predicted molar refractivity (Wildman–Crippen MR) is 77.0 cm³/mol. The van der Waals surface area contributed by atoms with E-state index in [0.717, 1.165) is 0 Å². The minimum absolute atomic E-state index is 0.0402. The number of carboxylic acids is 1. The van der Waals surface area contributed by atoms with E-state index in [1.165, 1.54) is 41.3 Å². The van der Waals surface area contributed by atoms with Gasteiger partial charge < -0.3 is 14.7 Å². The van der Waals surface area contributed by atoms with Crippen molar-refractivity contribution in [3.8, 4) is 5.75 Å². The van der Waals surface area contributed by atoms with Crippen molar-refractivity contribution in [3.63, 3.8) is 0 Å². The van der Waals surface area contributed by atoms with Gasteiger partial charge >= 0.3 is 5.97 Å². The maximum Gasteiger partial charge on any atom is 0.335 e. The quantitative estimate of drug-likeness (QED) is 0.925. The maximum absolute atomic E-state index is 13.2. The number of hydrogen-bond acceptors (Lipinski definition) is 3. The van der Waals surface area contributed by atoms with Crippen LogP contribution in [-0.2, 0) is 0 Å². The molecule has 3 rings (SSSR count). The third-order valence-corrected chi connectivity index (χ3v) is 3.39. The lowest BCUT2D eigenvalue weighted by Gasteiger charge is -2.29. The number of ether oxygens (including phenoxy) is 1. The van der Waals surface area contributed by atoms with Gasteiger partial charge in [0.1, 0.15) is 18.2 Å². The van der Waals surface area contributed by atoms with E-state index in [-0.39, 0.29) is 23.6 Å². The predicted octanol–water partition coefficient (Wildman–Crippen LogP) is 2.56. The minimum Gasteiger partial charge on any atom is -0.489 e. The second-order valence-electron chi connectivity index (χ2n) is 4.80. The van der Waals surface area contributed by atoms with E-state index in [9.17, 15) is 14.0 Å². The molecule has 0 bridgehead atoms. The van der Waals surface area contributed by atoms with Gasteiger partial charge in [0.15, 0.2) is 0 Å². The van der Waals surface area contributed by atoms with Crippen LogP contribution in [-0.4, -0.2) is 30.1 Å². The highest BCUT2D eigenvalue weighted by Gasteiger charge is 2.25. The topological polar surface area (TPSA) is 66.8 Å². The number of anilines is 1. The first-order chi connectivity index (χ1) is 10.6. The van der Waals surface area contributed by atoms with Crippen LogP contribution in [0.4, 0.5) is 10.1 Å². The Bertz CT molecular complexity index is 760. The lowest BCUT2D eigenvalue weighted by Crippen LogP contribution is -2.38. The molecule has 5 nitrogen and oxygen atoms in total. The molecule has 2 aromatic carbocycles. The zero-order valence-corrected chi connectivity index (χ0v) is 11.5. The van der Waals surface area contributed by atoms with E-state index in [1.807, 2.05) is 0 Å². The van der Waals surface area contributed by atoms with Gasteiger partial charge in [0.2, 0.25) is 0 Å². The Morgan fingerprint density at radius 3 is 2.68 bits per heavy atom. The van der Waals surface area contributed by atoms with Crippen molar-refractivity contribution in [2.45, 2.75) is 0 Å². The SMILES string of the molecule is O=C(O)c1cccc(C(=O)N2CCOc3cc(F)ccc32)c1. The normalized spacial score (nSPS) is 13.2. The summed E-state index contributed by atoms with van der Waals surface area (Å²) in [5.74, 6) is -1.59.